The van der Waals surface area contributed by atoms with Gasteiger partial charge < -0.3 is 0 Å². The summed E-state index contributed by atoms with van der Waals surface area (Å²) in [6.45, 7) is 0. The summed E-state index contributed by atoms with van der Waals surface area (Å²) >= 11 is 5.35. The summed E-state index contributed by atoms with van der Waals surface area (Å²) in [7, 11) is 0. The number of hydrogen-bond donors (Lipinski definition) is 2. The van der Waals surface area contributed by atoms with Crippen LogP contribution in [-0.4, -0.2) is 22.0 Å². The second-order valence-electron chi connectivity index (χ2n) is 3.09. The van der Waals surface area contributed by atoms with Crippen molar-refractivity contribution in [1.29, 1.82) is 0 Å². The quantitative estimate of drug-likeness (QED) is 0.623. The number of hydrazine groups is 1. The van der Waals surface area contributed by atoms with E-state index in [1.54, 1.807) is 6.20 Å². The van der Waals surface area contributed by atoms with E-state index < -0.39 is 0 Å². The van der Waals surface area contributed by atoms with Crippen LogP contribution in [0, 0.1) is 0 Å². The lowest BCUT2D eigenvalue weighted by molar-refractivity contribution is -0.118. The molecule has 5 nitrogen and oxygen atoms in total. The molecule has 1 amide bonds. The predicted octanol–water partition coefficient (Wildman–Crippen LogP) is 1.31. The molecule has 1 aromatic heterocycles. The third kappa shape index (κ3) is 2.20. The smallest absolute Gasteiger partial charge is 0.253 e. The number of aromatic nitrogens is 2. The number of rotatable bonds is 3. The number of carbonyl (C=O) groups is 1. The highest BCUT2D eigenvalue weighted by Crippen LogP contribution is 2.18. The Morgan fingerprint density at radius 2 is 2.19 bits per heavy atom. The van der Waals surface area contributed by atoms with Gasteiger partial charge in [-0.3, -0.25) is 15.6 Å². The molecule has 0 atom stereocenters. The lowest BCUT2D eigenvalue weighted by Gasteiger charge is -2.07. The van der Waals surface area contributed by atoms with E-state index in [1.807, 2.05) is 24.3 Å². The molecule has 0 unspecified atom stereocenters. The van der Waals surface area contributed by atoms with E-state index in [4.69, 9.17) is 11.6 Å². The fourth-order valence-electron chi connectivity index (χ4n) is 1.28. The Morgan fingerprint density at radius 1 is 1.38 bits per heavy atom. The summed E-state index contributed by atoms with van der Waals surface area (Å²) in [5.41, 5.74) is 5.10. The molecule has 0 aliphatic carbocycles. The molecule has 0 fully saturated rings. The first kappa shape index (κ1) is 10.6. The van der Waals surface area contributed by atoms with Crippen molar-refractivity contribution >= 4 is 34.1 Å². The Bertz CT molecular complexity index is 512. The largest absolute Gasteiger partial charge is 0.280 e. The Kier molecular flexibility index (Phi) is 3.16. The van der Waals surface area contributed by atoms with Crippen LogP contribution < -0.4 is 10.9 Å². The highest BCUT2D eigenvalue weighted by atomic mass is 35.5. The van der Waals surface area contributed by atoms with Gasteiger partial charge in [0.15, 0.2) is 5.82 Å². The number of nitrogens with one attached hydrogen (secondary N) is 2. The van der Waals surface area contributed by atoms with Crippen molar-refractivity contribution in [2.75, 3.05) is 11.3 Å². The minimum atomic E-state index is -0.323. The summed E-state index contributed by atoms with van der Waals surface area (Å²) in [6, 6.07) is 7.60. The molecule has 1 aromatic carbocycles. The van der Waals surface area contributed by atoms with Crippen molar-refractivity contribution in [2.45, 2.75) is 0 Å². The van der Waals surface area contributed by atoms with Crippen molar-refractivity contribution in [2.24, 2.45) is 0 Å². The monoisotopic (exact) mass is 236 g/mol. The fourth-order valence-corrected chi connectivity index (χ4v) is 1.35. The summed E-state index contributed by atoms with van der Waals surface area (Å²) in [5.74, 6) is 0.0681. The van der Waals surface area contributed by atoms with Gasteiger partial charge in [0.25, 0.3) is 5.91 Å². The van der Waals surface area contributed by atoms with Crippen molar-refractivity contribution in [3.63, 3.8) is 0 Å². The Balaban J connectivity index is 2.27. The van der Waals surface area contributed by atoms with Gasteiger partial charge in [0.1, 0.15) is 5.88 Å². The number of amides is 1. The van der Waals surface area contributed by atoms with Gasteiger partial charge in [-0.2, -0.15) is 5.10 Å². The third-order valence-electron chi connectivity index (χ3n) is 2.01. The van der Waals surface area contributed by atoms with Crippen molar-refractivity contribution < 1.29 is 4.79 Å². The SMILES string of the molecule is O=C(CCl)NNc1nncc2ccccc12. The van der Waals surface area contributed by atoms with Gasteiger partial charge in [0, 0.05) is 10.8 Å². The first-order valence-corrected chi connectivity index (χ1v) is 5.16. The van der Waals surface area contributed by atoms with Crippen LogP contribution in [0.3, 0.4) is 0 Å². The molecule has 0 bridgehead atoms. The van der Waals surface area contributed by atoms with E-state index >= 15 is 0 Å². The average molecular weight is 237 g/mol. The molecular formula is C10H9ClN4O. The molecule has 0 saturated heterocycles. The third-order valence-corrected chi connectivity index (χ3v) is 2.25. The highest BCUT2D eigenvalue weighted by Gasteiger charge is 2.03. The van der Waals surface area contributed by atoms with Crippen LogP contribution in [0.5, 0.6) is 0 Å². The second-order valence-corrected chi connectivity index (χ2v) is 3.35. The number of nitrogens with zero attached hydrogens (tertiary/aromatic N) is 2. The van der Waals surface area contributed by atoms with E-state index in [0.717, 1.165) is 10.8 Å². The zero-order valence-electron chi connectivity index (χ0n) is 8.27. The minimum Gasteiger partial charge on any atom is -0.280 e. The van der Waals surface area contributed by atoms with E-state index in [0.29, 0.717) is 5.82 Å². The summed E-state index contributed by atoms with van der Waals surface area (Å²) in [6.07, 6.45) is 1.66. The number of carbonyl (C=O) groups excluding carboxylic acids is 1. The number of hydrogen-bond acceptors (Lipinski definition) is 4. The van der Waals surface area contributed by atoms with E-state index in [-0.39, 0.29) is 11.8 Å². The number of anilines is 1. The van der Waals surface area contributed by atoms with Crippen LogP contribution in [0.4, 0.5) is 5.82 Å². The zero-order valence-corrected chi connectivity index (χ0v) is 9.03. The lowest BCUT2D eigenvalue weighted by Crippen LogP contribution is -2.30. The molecule has 1 heterocycles. The van der Waals surface area contributed by atoms with Crippen LogP contribution in [-0.2, 0) is 4.79 Å². The second kappa shape index (κ2) is 4.76. The van der Waals surface area contributed by atoms with E-state index in [2.05, 4.69) is 21.0 Å². The predicted molar refractivity (Wildman–Crippen MR) is 62.0 cm³/mol. The maximum atomic E-state index is 11.0. The Hall–Kier alpha value is -1.88. The summed E-state index contributed by atoms with van der Waals surface area (Å²) in [5, 5.41) is 9.54. The van der Waals surface area contributed by atoms with Gasteiger partial charge in [-0.05, 0) is 0 Å². The van der Waals surface area contributed by atoms with E-state index in [1.165, 1.54) is 0 Å². The van der Waals surface area contributed by atoms with Crippen molar-refractivity contribution in [1.82, 2.24) is 15.6 Å². The van der Waals surface area contributed by atoms with Crippen LogP contribution >= 0.6 is 11.6 Å². The van der Waals surface area contributed by atoms with Crippen LogP contribution in [0.2, 0.25) is 0 Å². The van der Waals surface area contributed by atoms with Crippen LogP contribution in [0.25, 0.3) is 10.8 Å². The lowest BCUT2D eigenvalue weighted by atomic mass is 10.2. The minimum absolute atomic E-state index is 0.106. The highest BCUT2D eigenvalue weighted by molar-refractivity contribution is 6.27. The molecule has 0 aliphatic heterocycles. The summed E-state index contributed by atoms with van der Waals surface area (Å²) in [4.78, 5) is 11.0. The molecule has 0 spiro atoms. The van der Waals surface area contributed by atoms with Gasteiger partial charge in [-0.15, -0.1) is 16.7 Å². The molecule has 0 radical (unpaired) electrons. The van der Waals surface area contributed by atoms with Crippen molar-refractivity contribution in [3.8, 4) is 0 Å². The normalized spacial score (nSPS) is 10.1. The van der Waals surface area contributed by atoms with E-state index in [9.17, 15) is 4.79 Å². The molecule has 2 aromatic rings. The molecule has 82 valence electrons. The summed E-state index contributed by atoms with van der Waals surface area (Å²) < 4.78 is 0. The molecular weight excluding hydrogens is 228 g/mol. The van der Waals surface area contributed by atoms with Gasteiger partial charge >= 0.3 is 0 Å². The fraction of sp³-hybridized carbons (Fsp3) is 0.100. The Morgan fingerprint density at radius 3 is 3.00 bits per heavy atom. The van der Waals surface area contributed by atoms with Crippen LogP contribution in [0.1, 0.15) is 0 Å². The molecule has 0 saturated carbocycles. The number of alkyl halides is 1. The number of fused-ring (bicyclic) bond motifs is 1. The molecule has 2 rings (SSSR count). The number of halogens is 1. The van der Waals surface area contributed by atoms with Crippen molar-refractivity contribution in [3.05, 3.63) is 30.5 Å². The first-order valence-electron chi connectivity index (χ1n) is 4.62. The van der Waals surface area contributed by atoms with Gasteiger partial charge in [-0.25, -0.2) is 0 Å². The Labute approximate surface area is 96.8 Å². The first-order chi connectivity index (χ1) is 7.81. The van der Waals surface area contributed by atoms with Gasteiger partial charge in [0.05, 0.1) is 6.20 Å². The topological polar surface area (TPSA) is 66.9 Å². The molecule has 2 N–H and O–H groups in total. The average Bonchev–Trinajstić information content (AvgIpc) is 2.35. The standard InChI is InChI=1S/C10H9ClN4O/c11-5-9(16)13-15-10-8-4-2-1-3-7(8)6-12-14-10/h1-4,6H,5H2,(H,13,16)(H,14,15). The molecule has 0 aliphatic rings. The zero-order chi connectivity index (χ0) is 11.4. The van der Waals surface area contributed by atoms with Crippen LogP contribution in [0.15, 0.2) is 30.5 Å². The maximum Gasteiger partial charge on any atom is 0.253 e. The molecule has 6 heteroatoms. The van der Waals surface area contributed by atoms with Gasteiger partial charge in [0.2, 0.25) is 0 Å². The maximum absolute atomic E-state index is 11.0. The van der Waals surface area contributed by atoms with Gasteiger partial charge in [-0.1, -0.05) is 24.3 Å². The molecule has 16 heavy (non-hydrogen) atoms. The number of benzene rings is 1.